The monoisotopic (exact) mass is 378 g/mol. The van der Waals surface area contributed by atoms with Crippen LogP contribution in [0.1, 0.15) is 5.69 Å². The van der Waals surface area contributed by atoms with E-state index in [0.717, 1.165) is 28.8 Å². The maximum atomic E-state index is 12.3. The lowest BCUT2D eigenvalue weighted by molar-refractivity contribution is -0.384. The Balaban J connectivity index is 1.49. The number of benzene rings is 1. The fourth-order valence-electron chi connectivity index (χ4n) is 2.61. The number of nitro benzene ring substituents is 1. The topological polar surface area (TPSA) is 79.6 Å². The SMILES string of the molecule is Cc1csc(SCC(=O)N2CCN(c3ccc([N+](=O)[O-])cc3)CC2)n1. The van der Waals surface area contributed by atoms with E-state index in [1.54, 1.807) is 23.5 Å². The molecule has 1 saturated heterocycles. The molecule has 1 aromatic heterocycles. The van der Waals surface area contributed by atoms with E-state index in [-0.39, 0.29) is 11.6 Å². The summed E-state index contributed by atoms with van der Waals surface area (Å²) >= 11 is 3.05. The van der Waals surface area contributed by atoms with Crippen LogP contribution >= 0.6 is 23.1 Å². The molecular formula is C16H18N4O3S2. The number of hydrogen-bond donors (Lipinski definition) is 0. The Hall–Kier alpha value is -2.13. The van der Waals surface area contributed by atoms with Crippen LogP contribution in [0.25, 0.3) is 0 Å². The van der Waals surface area contributed by atoms with Crippen LogP contribution in [0.2, 0.25) is 0 Å². The van der Waals surface area contributed by atoms with Crippen molar-refractivity contribution in [1.82, 2.24) is 9.88 Å². The number of aromatic nitrogens is 1. The Bertz CT molecular complexity index is 755. The molecule has 0 bridgehead atoms. The molecule has 1 amide bonds. The largest absolute Gasteiger partial charge is 0.368 e. The number of non-ortho nitro benzene ring substituents is 1. The fourth-order valence-corrected chi connectivity index (χ4v) is 4.36. The number of aryl methyl sites for hydroxylation is 1. The molecule has 1 fully saturated rings. The van der Waals surface area contributed by atoms with E-state index in [4.69, 9.17) is 0 Å². The van der Waals surface area contributed by atoms with Crippen LogP contribution in [0, 0.1) is 17.0 Å². The van der Waals surface area contributed by atoms with Gasteiger partial charge in [-0.3, -0.25) is 14.9 Å². The van der Waals surface area contributed by atoms with Crippen molar-refractivity contribution in [3.63, 3.8) is 0 Å². The highest BCUT2D eigenvalue weighted by Crippen LogP contribution is 2.24. The van der Waals surface area contributed by atoms with Crippen molar-refractivity contribution in [2.45, 2.75) is 11.3 Å². The van der Waals surface area contributed by atoms with Gasteiger partial charge in [0.25, 0.3) is 5.69 Å². The lowest BCUT2D eigenvalue weighted by Gasteiger charge is -2.36. The zero-order valence-corrected chi connectivity index (χ0v) is 15.4. The summed E-state index contributed by atoms with van der Waals surface area (Å²) in [5.74, 6) is 0.533. The molecule has 0 radical (unpaired) electrons. The number of nitrogens with zero attached hydrogens (tertiary/aromatic N) is 4. The number of carbonyl (C=O) groups is 1. The molecule has 0 atom stereocenters. The van der Waals surface area contributed by atoms with Gasteiger partial charge in [0.05, 0.1) is 10.7 Å². The van der Waals surface area contributed by atoms with Gasteiger partial charge in [-0.05, 0) is 19.1 Å². The van der Waals surface area contributed by atoms with Crippen molar-refractivity contribution in [2.75, 3.05) is 36.8 Å². The molecule has 1 aliphatic heterocycles. The van der Waals surface area contributed by atoms with Crippen LogP contribution in [0.4, 0.5) is 11.4 Å². The van der Waals surface area contributed by atoms with Gasteiger partial charge in [-0.2, -0.15) is 0 Å². The summed E-state index contributed by atoms with van der Waals surface area (Å²) in [6.45, 7) is 4.72. The van der Waals surface area contributed by atoms with E-state index in [2.05, 4.69) is 9.88 Å². The minimum Gasteiger partial charge on any atom is -0.368 e. The molecule has 2 aromatic rings. The van der Waals surface area contributed by atoms with Crippen molar-refractivity contribution in [2.24, 2.45) is 0 Å². The number of rotatable bonds is 5. The van der Waals surface area contributed by atoms with Gasteiger partial charge in [0.15, 0.2) is 4.34 Å². The molecule has 0 spiro atoms. The zero-order valence-electron chi connectivity index (χ0n) is 13.8. The first-order valence-corrected chi connectivity index (χ1v) is 9.71. The molecule has 0 aliphatic carbocycles. The average Bonchev–Trinajstić information content (AvgIpc) is 3.05. The maximum Gasteiger partial charge on any atom is 0.269 e. The third-order valence-electron chi connectivity index (χ3n) is 3.98. The zero-order chi connectivity index (χ0) is 17.8. The van der Waals surface area contributed by atoms with Crippen molar-refractivity contribution in [1.29, 1.82) is 0 Å². The predicted molar refractivity (Wildman–Crippen MR) is 99.5 cm³/mol. The van der Waals surface area contributed by atoms with Crippen molar-refractivity contribution < 1.29 is 9.72 Å². The number of amides is 1. The predicted octanol–water partition coefficient (Wildman–Crippen LogP) is 2.80. The maximum absolute atomic E-state index is 12.3. The first-order chi connectivity index (χ1) is 12.0. The second-order valence-corrected chi connectivity index (χ2v) is 7.77. The minimum absolute atomic E-state index is 0.0898. The van der Waals surface area contributed by atoms with Gasteiger partial charge in [-0.1, -0.05) is 11.8 Å². The Morgan fingerprint density at radius 2 is 1.96 bits per heavy atom. The molecule has 0 saturated carbocycles. The Labute approximate surface area is 153 Å². The number of thiazole rings is 1. The van der Waals surface area contributed by atoms with Gasteiger partial charge >= 0.3 is 0 Å². The molecule has 1 aliphatic rings. The summed E-state index contributed by atoms with van der Waals surface area (Å²) in [7, 11) is 0. The van der Waals surface area contributed by atoms with E-state index in [0.29, 0.717) is 18.8 Å². The van der Waals surface area contributed by atoms with E-state index in [1.807, 2.05) is 17.2 Å². The molecule has 7 nitrogen and oxygen atoms in total. The fraction of sp³-hybridized carbons (Fsp3) is 0.375. The van der Waals surface area contributed by atoms with Crippen LogP contribution in [0.5, 0.6) is 0 Å². The van der Waals surface area contributed by atoms with E-state index in [1.165, 1.54) is 23.9 Å². The van der Waals surface area contributed by atoms with Gasteiger partial charge < -0.3 is 9.80 Å². The van der Waals surface area contributed by atoms with E-state index in [9.17, 15) is 14.9 Å². The van der Waals surface area contributed by atoms with E-state index >= 15 is 0 Å². The van der Waals surface area contributed by atoms with Crippen LogP contribution in [-0.4, -0.2) is 52.6 Å². The summed E-state index contributed by atoms with van der Waals surface area (Å²) in [6.07, 6.45) is 0. The Morgan fingerprint density at radius 3 is 2.52 bits per heavy atom. The second-order valence-electron chi connectivity index (χ2n) is 5.68. The third-order valence-corrected chi connectivity index (χ3v) is 6.10. The number of nitro groups is 1. The quantitative estimate of drug-likeness (QED) is 0.452. The van der Waals surface area contributed by atoms with Gasteiger partial charge in [-0.15, -0.1) is 11.3 Å². The molecule has 1 aromatic carbocycles. The lowest BCUT2D eigenvalue weighted by atomic mass is 10.2. The molecule has 0 N–H and O–H groups in total. The summed E-state index contributed by atoms with van der Waals surface area (Å²) in [5, 5.41) is 12.7. The van der Waals surface area contributed by atoms with Crippen molar-refractivity contribution in [3.8, 4) is 0 Å². The molecule has 3 rings (SSSR count). The summed E-state index contributed by atoms with van der Waals surface area (Å²) in [5.41, 5.74) is 2.02. The molecule has 2 heterocycles. The highest BCUT2D eigenvalue weighted by Gasteiger charge is 2.22. The normalized spacial score (nSPS) is 14.6. The van der Waals surface area contributed by atoms with Crippen molar-refractivity contribution >= 4 is 40.4 Å². The van der Waals surface area contributed by atoms with Gasteiger partial charge in [0.2, 0.25) is 5.91 Å². The lowest BCUT2D eigenvalue weighted by Crippen LogP contribution is -2.49. The number of piperazine rings is 1. The highest BCUT2D eigenvalue weighted by molar-refractivity contribution is 8.01. The summed E-state index contributed by atoms with van der Waals surface area (Å²) in [6, 6.07) is 6.55. The number of thioether (sulfide) groups is 1. The van der Waals surface area contributed by atoms with Crippen LogP contribution < -0.4 is 4.90 Å². The Morgan fingerprint density at radius 1 is 1.28 bits per heavy atom. The van der Waals surface area contributed by atoms with Crippen LogP contribution in [0.3, 0.4) is 0 Å². The summed E-state index contributed by atoms with van der Waals surface area (Å²) < 4.78 is 0.926. The molecule has 9 heteroatoms. The number of anilines is 1. The molecule has 0 unspecified atom stereocenters. The first-order valence-electron chi connectivity index (χ1n) is 7.85. The van der Waals surface area contributed by atoms with Crippen LogP contribution in [0.15, 0.2) is 34.0 Å². The molecular weight excluding hydrogens is 360 g/mol. The van der Waals surface area contributed by atoms with Gasteiger partial charge in [0.1, 0.15) is 0 Å². The van der Waals surface area contributed by atoms with Crippen molar-refractivity contribution in [3.05, 3.63) is 45.5 Å². The number of carbonyl (C=O) groups excluding carboxylic acids is 1. The van der Waals surface area contributed by atoms with Crippen LogP contribution in [-0.2, 0) is 4.79 Å². The van der Waals surface area contributed by atoms with Gasteiger partial charge in [-0.25, -0.2) is 4.98 Å². The van der Waals surface area contributed by atoms with Gasteiger partial charge in [0, 0.05) is 55.1 Å². The first kappa shape index (κ1) is 17.7. The standard InChI is InChI=1S/C16H18N4O3S2/c1-12-10-24-16(17-12)25-11-15(21)19-8-6-18(7-9-19)13-2-4-14(5-3-13)20(22)23/h2-5,10H,6-9,11H2,1H3. The van der Waals surface area contributed by atoms with E-state index < -0.39 is 4.92 Å². The number of hydrogen-bond acceptors (Lipinski definition) is 7. The molecule has 25 heavy (non-hydrogen) atoms. The smallest absolute Gasteiger partial charge is 0.269 e. The third kappa shape index (κ3) is 4.49. The Kier molecular flexibility index (Phi) is 5.54. The average molecular weight is 378 g/mol. The summed E-state index contributed by atoms with van der Waals surface area (Å²) in [4.78, 5) is 31.0. The minimum atomic E-state index is -0.401. The molecule has 132 valence electrons. The second kappa shape index (κ2) is 7.83. The highest BCUT2D eigenvalue weighted by atomic mass is 32.2.